The predicted molar refractivity (Wildman–Crippen MR) is 84.0 cm³/mol. The van der Waals surface area contributed by atoms with Crippen molar-refractivity contribution in [2.24, 2.45) is 10.9 Å². The van der Waals surface area contributed by atoms with Crippen molar-refractivity contribution in [3.63, 3.8) is 0 Å². The van der Waals surface area contributed by atoms with Gasteiger partial charge in [0.2, 0.25) is 0 Å². The largest absolute Gasteiger partial charge is 0.409 e. The van der Waals surface area contributed by atoms with E-state index in [1.54, 1.807) is 0 Å². The van der Waals surface area contributed by atoms with Gasteiger partial charge >= 0.3 is 0 Å². The van der Waals surface area contributed by atoms with Crippen LogP contribution in [0.1, 0.15) is 55.8 Å². The number of rotatable bonds is 4. The minimum Gasteiger partial charge on any atom is -0.409 e. The van der Waals surface area contributed by atoms with E-state index < -0.39 is 0 Å². The summed E-state index contributed by atoms with van der Waals surface area (Å²) in [5.74, 6) is 1.07. The van der Waals surface area contributed by atoms with Crippen LogP contribution in [0.4, 0.5) is 5.82 Å². The molecule has 5 nitrogen and oxygen atoms in total. The minimum absolute atomic E-state index is 0.170. The molecular formula is C16H24N4O. The van der Waals surface area contributed by atoms with Crippen molar-refractivity contribution in [3.8, 4) is 0 Å². The lowest BCUT2D eigenvalue weighted by Crippen LogP contribution is -2.36. The van der Waals surface area contributed by atoms with Crippen molar-refractivity contribution in [1.29, 1.82) is 0 Å². The number of nitrogens with zero attached hydrogens (tertiary/aromatic N) is 3. The number of pyridine rings is 1. The van der Waals surface area contributed by atoms with Crippen molar-refractivity contribution in [2.75, 3.05) is 11.4 Å². The van der Waals surface area contributed by atoms with E-state index in [-0.39, 0.29) is 5.84 Å². The van der Waals surface area contributed by atoms with Crippen molar-refractivity contribution < 1.29 is 5.21 Å². The maximum Gasteiger partial charge on any atom is 0.173 e. The Kier molecular flexibility index (Phi) is 3.99. The average Bonchev–Trinajstić information content (AvgIpc) is 3.17. The molecule has 0 saturated heterocycles. The molecule has 21 heavy (non-hydrogen) atoms. The Balaban J connectivity index is 2.06. The highest BCUT2D eigenvalue weighted by Gasteiger charge is 2.27. The summed E-state index contributed by atoms with van der Waals surface area (Å²) in [5, 5.41) is 12.3. The molecule has 5 heteroatoms. The fourth-order valence-corrected chi connectivity index (χ4v) is 3.72. The zero-order valence-corrected chi connectivity index (χ0v) is 12.7. The maximum atomic E-state index is 9.10. The lowest BCUT2D eigenvalue weighted by molar-refractivity contribution is 0.318. The number of amidine groups is 1. The number of fused-ring (bicyclic) bond motifs is 1. The van der Waals surface area contributed by atoms with Crippen LogP contribution >= 0.6 is 0 Å². The van der Waals surface area contributed by atoms with Gasteiger partial charge in [-0.1, -0.05) is 18.0 Å². The van der Waals surface area contributed by atoms with Gasteiger partial charge in [-0.25, -0.2) is 4.98 Å². The molecule has 0 aliphatic heterocycles. The summed E-state index contributed by atoms with van der Waals surface area (Å²) in [6.45, 7) is 3.06. The zero-order chi connectivity index (χ0) is 14.8. The molecule has 1 aromatic heterocycles. The van der Waals surface area contributed by atoms with Crippen molar-refractivity contribution in [3.05, 3.63) is 22.9 Å². The fourth-order valence-electron chi connectivity index (χ4n) is 3.72. The SMILES string of the molecule is CCN(c1nc2c(cc1C(N)=NO)CCC2)C1CCCC1. The molecule has 0 radical (unpaired) electrons. The van der Waals surface area contributed by atoms with Gasteiger partial charge in [0.05, 0.1) is 5.56 Å². The van der Waals surface area contributed by atoms with Crippen LogP contribution < -0.4 is 10.6 Å². The highest BCUT2D eigenvalue weighted by atomic mass is 16.4. The van der Waals surface area contributed by atoms with Crippen LogP contribution in [0.5, 0.6) is 0 Å². The van der Waals surface area contributed by atoms with Gasteiger partial charge in [0.25, 0.3) is 0 Å². The first-order chi connectivity index (χ1) is 10.2. The molecule has 114 valence electrons. The normalized spacial score (nSPS) is 19.0. The summed E-state index contributed by atoms with van der Waals surface area (Å²) in [7, 11) is 0. The highest BCUT2D eigenvalue weighted by molar-refractivity contribution is 6.01. The van der Waals surface area contributed by atoms with E-state index in [9.17, 15) is 0 Å². The van der Waals surface area contributed by atoms with Crippen molar-refractivity contribution >= 4 is 11.7 Å². The molecule has 1 aromatic rings. The molecule has 2 aliphatic rings. The van der Waals surface area contributed by atoms with Crippen molar-refractivity contribution in [2.45, 2.75) is 57.9 Å². The predicted octanol–water partition coefficient (Wildman–Crippen LogP) is 2.43. The standard InChI is InChI=1S/C16H24N4O/c1-2-20(12-7-3-4-8-12)16-13(15(17)19-21)10-11-6-5-9-14(11)18-16/h10,12,21H,2-9H2,1H3,(H2,17,19). The molecule has 1 fully saturated rings. The molecule has 3 N–H and O–H groups in total. The van der Waals surface area contributed by atoms with Gasteiger partial charge in [-0.15, -0.1) is 0 Å². The summed E-state index contributed by atoms with van der Waals surface area (Å²) in [6.07, 6.45) is 8.22. The number of aromatic nitrogens is 1. The molecule has 3 rings (SSSR count). The summed E-state index contributed by atoms with van der Waals surface area (Å²) in [5.41, 5.74) is 9.14. The number of hydrogen-bond donors (Lipinski definition) is 2. The third kappa shape index (κ3) is 2.57. The van der Waals surface area contributed by atoms with Crippen LogP contribution in [-0.4, -0.2) is 28.6 Å². The Labute approximate surface area is 125 Å². The first kappa shape index (κ1) is 14.2. The lowest BCUT2D eigenvalue weighted by atomic mass is 10.1. The van der Waals surface area contributed by atoms with E-state index in [1.807, 2.05) is 0 Å². The Hall–Kier alpha value is -1.78. The van der Waals surface area contributed by atoms with Gasteiger partial charge in [-0.3, -0.25) is 0 Å². The van der Waals surface area contributed by atoms with Crippen LogP contribution in [0.3, 0.4) is 0 Å². The van der Waals surface area contributed by atoms with Gasteiger partial charge in [0.1, 0.15) is 5.82 Å². The van der Waals surface area contributed by atoms with Gasteiger partial charge in [0.15, 0.2) is 5.84 Å². The molecule has 0 amide bonds. The smallest absolute Gasteiger partial charge is 0.173 e. The molecule has 0 bridgehead atoms. The van der Waals surface area contributed by atoms with Gasteiger partial charge < -0.3 is 15.8 Å². The van der Waals surface area contributed by atoms with E-state index >= 15 is 0 Å². The van der Waals surface area contributed by atoms with Crippen molar-refractivity contribution in [1.82, 2.24) is 4.98 Å². The van der Waals surface area contributed by atoms with Crippen LogP contribution in [0.2, 0.25) is 0 Å². The summed E-state index contributed by atoms with van der Waals surface area (Å²) < 4.78 is 0. The first-order valence-corrected chi connectivity index (χ1v) is 8.02. The average molecular weight is 288 g/mol. The van der Waals surface area contributed by atoms with Crippen LogP contribution in [0.25, 0.3) is 0 Å². The number of hydrogen-bond acceptors (Lipinski definition) is 4. The Bertz CT molecular complexity index is 549. The Morgan fingerprint density at radius 2 is 2.14 bits per heavy atom. The number of aryl methyl sites for hydroxylation is 2. The summed E-state index contributed by atoms with van der Waals surface area (Å²) in [6, 6.07) is 2.62. The van der Waals surface area contributed by atoms with Gasteiger partial charge in [0, 0.05) is 18.3 Å². The molecule has 1 heterocycles. The summed E-state index contributed by atoms with van der Waals surface area (Å²) >= 11 is 0. The topological polar surface area (TPSA) is 74.7 Å². The molecule has 0 unspecified atom stereocenters. The second-order valence-corrected chi connectivity index (χ2v) is 6.03. The van der Waals surface area contributed by atoms with E-state index in [0.717, 1.165) is 37.2 Å². The number of nitrogens with two attached hydrogens (primary N) is 1. The van der Waals surface area contributed by atoms with Gasteiger partial charge in [-0.05, 0) is 50.7 Å². The Morgan fingerprint density at radius 1 is 1.38 bits per heavy atom. The first-order valence-electron chi connectivity index (χ1n) is 8.02. The molecule has 1 saturated carbocycles. The monoisotopic (exact) mass is 288 g/mol. The third-order valence-corrected chi connectivity index (χ3v) is 4.79. The van der Waals surface area contributed by atoms with E-state index in [0.29, 0.717) is 6.04 Å². The second kappa shape index (κ2) is 5.92. The molecule has 0 aromatic carbocycles. The lowest BCUT2D eigenvalue weighted by Gasteiger charge is -2.31. The quantitative estimate of drug-likeness (QED) is 0.386. The molecular weight excluding hydrogens is 264 g/mol. The van der Waals surface area contributed by atoms with Crippen LogP contribution in [0.15, 0.2) is 11.2 Å². The molecule has 2 aliphatic carbocycles. The maximum absolute atomic E-state index is 9.10. The van der Waals surface area contributed by atoms with E-state index in [1.165, 1.54) is 36.9 Å². The van der Waals surface area contributed by atoms with E-state index in [4.69, 9.17) is 15.9 Å². The number of oxime groups is 1. The highest BCUT2D eigenvalue weighted by Crippen LogP contribution is 2.32. The number of anilines is 1. The second-order valence-electron chi connectivity index (χ2n) is 6.03. The molecule has 0 spiro atoms. The van der Waals surface area contributed by atoms with E-state index in [2.05, 4.69) is 23.0 Å². The minimum atomic E-state index is 0.170. The fraction of sp³-hybridized carbons (Fsp3) is 0.625. The molecule has 0 atom stereocenters. The summed E-state index contributed by atoms with van der Waals surface area (Å²) in [4.78, 5) is 7.24. The Morgan fingerprint density at radius 3 is 2.81 bits per heavy atom. The zero-order valence-electron chi connectivity index (χ0n) is 12.7. The third-order valence-electron chi connectivity index (χ3n) is 4.79. The van der Waals surface area contributed by atoms with Crippen LogP contribution in [-0.2, 0) is 12.8 Å². The van der Waals surface area contributed by atoms with Crippen LogP contribution in [0, 0.1) is 0 Å². The van der Waals surface area contributed by atoms with Gasteiger partial charge in [-0.2, -0.15) is 0 Å².